The molecular formula is C14H19N5OS. The van der Waals surface area contributed by atoms with Gasteiger partial charge in [0.25, 0.3) is 0 Å². The van der Waals surface area contributed by atoms with Gasteiger partial charge in [-0.25, -0.2) is 0 Å². The number of anilines is 2. The van der Waals surface area contributed by atoms with Crippen molar-refractivity contribution >= 4 is 23.2 Å². The number of nitrogens with zero attached hydrogens (tertiary/aromatic N) is 4. The maximum absolute atomic E-state index is 5.45. The molecule has 112 valence electrons. The second-order valence-electron chi connectivity index (χ2n) is 4.75. The third-order valence-corrected chi connectivity index (χ3v) is 4.32. The molecule has 0 fully saturated rings. The predicted molar refractivity (Wildman–Crippen MR) is 84.2 cm³/mol. The van der Waals surface area contributed by atoms with Gasteiger partial charge in [-0.3, -0.25) is 0 Å². The summed E-state index contributed by atoms with van der Waals surface area (Å²) in [6.45, 7) is 7.03. The van der Waals surface area contributed by atoms with Crippen molar-refractivity contribution in [2.75, 3.05) is 29.9 Å². The molecule has 3 rings (SSSR count). The van der Waals surface area contributed by atoms with Crippen LogP contribution in [0.25, 0.3) is 0 Å². The van der Waals surface area contributed by atoms with Gasteiger partial charge in [-0.2, -0.15) is 15.0 Å². The maximum Gasteiger partial charge on any atom is 0.323 e. The lowest BCUT2D eigenvalue weighted by Crippen LogP contribution is -2.31. The second-order valence-corrected chi connectivity index (χ2v) is 5.75. The molecule has 2 aromatic heterocycles. The van der Waals surface area contributed by atoms with Gasteiger partial charge in [0.15, 0.2) is 0 Å². The van der Waals surface area contributed by atoms with Crippen LogP contribution >= 0.6 is 11.3 Å². The summed E-state index contributed by atoms with van der Waals surface area (Å²) in [5.41, 5.74) is 1.37. The summed E-state index contributed by atoms with van der Waals surface area (Å²) in [7, 11) is 0. The third kappa shape index (κ3) is 3.07. The molecule has 0 aromatic carbocycles. The average Bonchev–Trinajstić information content (AvgIpc) is 2.95. The Balaban J connectivity index is 1.87. The average molecular weight is 305 g/mol. The number of nitrogens with one attached hydrogen (secondary N) is 1. The summed E-state index contributed by atoms with van der Waals surface area (Å²) in [6, 6.07) is 2.57. The van der Waals surface area contributed by atoms with Gasteiger partial charge >= 0.3 is 6.01 Å². The Bertz CT molecular complexity index is 591. The van der Waals surface area contributed by atoms with Gasteiger partial charge in [0, 0.05) is 24.5 Å². The van der Waals surface area contributed by atoms with Crippen LogP contribution in [0.15, 0.2) is 11.4 Å². The molecule has 0 unspecified atom stereocenters. The highest BCUT2D eigenvalue weighted by atomic mass is 32.1. The first-order valence-electron chi connectivity index (χ1n) is 7.23. The minimum absolute atomic E-state index is 0.384. The first-order valence-corrected chi connectivity index (χ1v) is 8.11. The number of aromatic nitrogens is 3. The summed E-state index contributed by atoms with van der Waals surface area (Å²) >= 11 is 1.83. The van der Waals surface area contributed by atoms with Crippen molar-refractivity contribution in [1.82, 2.24) is 15.0 Å². The van der Waals surface area contributed by atoms with E-state index in [-0.39, 0.29) is 0 Å². The quantitative estimate of drug-likeness (QED) is 0.914. The number of rotatable bonds is 5. The molecule has 21 heavy (non-hydrogen) atoms. The van der Waals surface area contributed by atoms with E-state index in [4.69, 9.17) is 4.74 Å². The van der Waals surface area contributed by atoms with Gasteiger partial charge in [-0.05, 0) is 37.3 Å². The van der Waals surface area contributed by atoms with Crippen molar-refractivity contribution < 1.29 is 4.74 Å². The molecule has 0 bridgehead atoms. The van der Waals surface area contributed by atoms with Crippen LogP contribution in [0.4, 0.5) is 11.9 Å². The smallest absolute Gasteiger partial charge is 0.323 e. The topological polar surface area (TPSA) is 63.2 Å². The summed E-state index contributed by atoms with van der Waals surface area (Å²) in [6.07, 6.45) is 1.04. The molecular weight excluding hydrogens is 286 g/mol. The van der Waals surface area contributed by atoms with Crippen LogP contribution in [0, 0.1) is 0 Å². The second kappa shape index (κ2) is 6.26. The predicted octanol–water partition coefficient (Wildman–Crippen LogP) is 2.33. The van der Waals surface area contributed by atoms with Crippen molar-refractivity contribution in [1.29, 1.82) is 0 Å². The summed E-state index contributed by atoms with van der Waals surface area (Å²) in [5, 5.41) is 5.28. The monoisotopic (exact) mass is 305 g/mol. The third-order valence-electron chi connectivity index (χ3n) is 3.30. The number of fused-ring (bicyclic) bond motifs is 1. The van der Waals surface area contributed by atoms with E-state index in [1.165, 1.54) is 10.4 Å². The van der Waals surface area contributed by atoms with Crippen molar-refractivity contribution in [3.05, 3.63) is 21.9 Å². The lowest BCUT2D eigenvalue weighted by atomic mass is 10.1. The molecule has 0 atom stereocenters. The Hall–Kier alpha value is -1.89. The van der Waals surface area contributed by atoms with E-state index < -0.39 is 0 Å². The molecule has 3 heterocycles. The SMILES string of the molecule is CCNc1nc(OCC)nc(N2CCc3sccc3C2)n1. The number of thiophene rings is 1. The molecule has 1 aliphatic rings. The summed E-state index contributed by atoms with van der Waals surface area (Å²) in [4.78, 5) is 16.8. The molecule has 7 heteroatoms. The van der Waals surface area contributed by atoms with Crippen LogP contribution in [0.1, 0.15) is 24.3 Å². The molecule has 0 saturated carbocycles. The molecule has 0 spiro atoms. The van der Waals surface area contributed by atoms with Crippen LogP contribution < -0.4 is 15.0 Å². The Kier molecular flexibility index (Phi) is 4.19. The zero-order valence-electron chi connectivity index (χ0n) is 12.3. The van der Waals surface area contributed by atoms with E-state index >= 15 is 0 Å². The van der Waals surface area contributed by atoms with Gasteiger partial charge in [-0.15, -0.1) is 11.3 Å². The van der Waals surface area contributed by atoms with E-state index in [0.29, 0.717) is 24.5 Å². The zero-order chi connectivity index (χ0) is 14.7. The van der Waals surface area contributed by atoms with Crippen molar-refractivity contribution in [2.45, 2.75) is 26.8 Å². The molecule has 0 radical (unpaired) electrons. The Labute approximate surface area is 128 Å². The van der Waals surface area contributed by atoms with Crippen molar-refractivity contribution in [3.8, 4) is 6.01 Å². The van der Waals surface area contributed by atoms with Crippen LogP contribution in [0.3, 0.4) is 0 Å². The maximum atomic E-state index is 5.45. The van der Waals surface area contributed by atoms with Crippen LogP contribution in [-0.2, 0) is 13.0 Å². The fourth-order valence-corrected chi connectivity index (χ4v) is 3.23. The molecule has 0 amide bonds. The Morgan fingerprint density at radius 2 is 2.24 bits per heavy atom. The van der Waals surface area contributed by atoms with E-state index in [2.05, 4.69) is 36.6 Å². The fourth-order valence-electron chi connectivity index (χ4n) is 2.34. The molecule has 0 aliphatic carbocycles. The van der Waals surface area contributed by atoms with Crippen LogP contribution in [-0.4, -0.2) is 34.6 Å². The first kappa shape index (κ1) is 14.1. The molecule has 1 N–H and O–H groups in total. The highest BCUT2D eigenvalue weighted by Gasteiger charge is 2.21. The fraction of sp³-hybridized carbons (Fsp3) is 0.500. The van der Waals surface area contributed by atoms with E-state index in [0.717, 1.165) is 26.1 Å². The molecule has 6 nitrogen and oxygen atoms in total. The minimum Gasteiger partial charge on any atom is -0.464 e. The number of ether oxygens (including phenoxy) is 1. The highest BCUT2D eigenvalue weighted by molar-refractivity contribution is 7.10. The number of hydrogen-bond acceptors (Lipinski definition) is 7. The van der Waals surface area contributed by atoms with Crippen LogP contribution in [0.5, 0.6) is 6.01 Å². The van der Waals surface area contributed by atoms with Crippen molar-refractivity contribution in [3.63, 3.8) is 0 Å². The Morgan fingerprint density at radius 3 is 3.05 bits per heavy atom. The minimum atomic E-state index is 0.384. The highest BCUT2D eigenvalue weighted by Crippen LogP contribution is 2.27. The molecule has 1 aliphatic heterocycles. The lowest BCUT2D eigenvalue weighted by molar-refractivity contribution is 0.312. The van der Waals surface area contributed by atoms with Gasteiger partial charge in [0.05, 0.1) is 6.61 Å². The summed E-state index contributed by atoms with van der Waals surface area (Å²) < 4.78 is 5.45. The van der Waals surface area contributed by atoms with E-state index in [1.54, 1.807) is 0 Å². The molecule has 0 saturated heterocycles. The summed E-state index contributed by atoms with van der Waals surface area (Å²) in [5.74, 6) is 1.25. The Morgan fingerprint density at radius 1 is 1.33 bits per heavy atom. The van der Waals surface area contributed by atoms with Gasteiger partial charge in [0.1, 0.15) is 0 Å². The van der Waals surface area contributed by atoms with E-state index in [1.807, 2.05) is 25.2 Å². The number of hydrogen-bond donors (Lipinski definition) is 1. The van der Waals surface area contributed by atoms with Gasteiger partial charge in [-0.1, -0.05) is 0 Å². The standard InChI is InChI=1S/C14H19N5OS/c1-3-15-12-16-13(18-14(17-12)20-4-2)19-7-5-11-10(9-19)6-8-21-11/h6,8H,3-5,7,9H2,1-2H3,(H,15,16,17,18). The van der Waals surface area contributed by atoms with Gasteiger partial charge < -0.3 is 15.0 Å². The van der Waals surface area contributed by atoms with Gasteiger partial charge in [0.2, 0.25) is 11.9 Å². The molecule has 2 aromatic rings. The first-order chi connectivity index (χ1) is 10.3. The normalized spacial score (nSPS) is 13.9. The van der Waals surface area contributed by atoms with Crippen molar-refractivity contribution in [2.24, 2.45) is 0 Å². The lowest BCUT2D eigenvalue weighted by Gasteiger charge is -2.27. The van der Waals surface area contributed by atoms with E-state index in [9.17, 15) is 0 Å². The van der Waals surface area contributed by atoms with Crippen LogP contribution in [0.2, 0.25) is 0 Å². The largest absolute Gasteiger partial charge is 0.464 e. The zero-order valence-corrected chi connectivity index (χ0v) is 13.1.